The molecule has 2 aromatic carbocycles. The first-order valence-electron chi connectivity index (χ1n) is 8.73. The van der Waals surface area contributed by atoms with Crippen molar-refractivity contribution >= 4 is 11.0 Å². The Balaban J connectivity index is 1.64. The molecule has 0 bridgehead atoms. The summed E-state index contributed by atoms with van der Waals surface area (Å²) in [7, 11) is 0. The first-order chi connectivity index (χ1) is 12.3. The van der Waals surface area contributed by atoms with E-state index in [-0.39, 0.29) is 6.61 Å². The number of aliphatic hydroxyl groups excluding tert-OH is 1. The Morgan fingerprint density at radius 1 is 1.00 bits per heavy atom. The second-order valence-corrected chi connectivity index (χ2v) is 5.72. The van der Waals surface area contributed by atoms with Gasteiger partial charge in [0.1, 0.15) is 5.82 Å². The molecule has 0 unspecified atom stereocenters. The Kier molecular flexibility index (Phi) is 5.90. The molecular weight excluding hydrogens is 316 g/mol. The molecule has 0 saturated carbocycles. The van der Waals surface area contributed by atoms with Gasteiger partial charge in [-0.3, -0.25) is 0 Å². The molecule has 0 aliphatic rings. The highest BCUT2D eigenvalue weighted by molar-refractivity contribution is 5.75. The molecule has 5 nitrogen and oxygen atoms in total. The maximum absolute atomic E-state index is 9.28. The summed E-state index contributed by atoms with van der Waals surface area (Å²) in [6.07, 6.45) is 1.40. The first kappa shape index (κ1) is 17.3. The molecule has 3 aromatic rings. The zero-order valence-electron chi connectivity index (χ0n) is 14.5. The summed E-state index contributed by atoms with van der Waals surface area (Å²) in [5.74, 6) is 2.47. The van der Waals surface area contributed by atoms with Crippen LogP contribution in [0.15, 0.2) is 48.5 Å². The highest BCUT2D eigenvalue weighted by atomic mass is 16.5. The number of benzene rings is 2. The maximum atomic E-state index is 9.28. The van der Waals surface area contributed by atoms with Gasteiger partial charge in [-0.25, -0.2) is 4.98 Å². The predicted molar refractivity (Wildman–Crippen MR) is 98.2 cm³/mol. The van der Waals surface area contributed by atoms with Crippen LogP contribution < -0.4 is 9.47 Å². The van der Waals surface area contributed by atoms with Crippen LogP contribution in [0.5, 0.6) is 11.5 Å². The van der Waals surface area contributed by atoms with Crippen molar-refractivity contribution in [1.82, 2.24) is 9.55 Å². The fourth-order valence-corrected chi connectivity index (χ4v) is 2.91. The molecule has 0 amide bonds. The van der Waals surface area contributed by atoms with Crippen LogP contribution >= 0.6 is 0 Å². The summed E-state index contributed by atoms with van der Waals surface area (Å²) in [5.41, 5.74) is 2.06. The Labute approximate surface area is 147 Å². The Morgan fingerprint density at radius 3 is 2.48 bits per heavy atom. The molecule has 1 heterocycles. The summed E-state index contributed by atoms with van der Waals surface area (Å²) < 4.78 is 13.6. The van der Waals surface area contributed by atoms with Gasteiger partial charge < -0.3 is 19.1 Å². The molecular formula is C20H24N2O3. The topological polar surface area (TPSA) is 56.5 Å². The molecule has 132 valence electrons. The van der Waals surface area contributed by atoms with Crippen LogP contribution in [-0.2, 0) is 13.0 Å². The third kappa shape index (κ3) is 4.12. The van der Waals surface area contributed by atoms with Gasteiger partial charge in [-0.2, -0.15) is 0 Å². The lowest BCUT2D eigenvalue weighted by Crippen LogP contribution is -2.09. The third-order valence-electron chi connectivity index (χ3n) is 4.00. The van der Waals surface area contributed by atoms with Crippen LogP contribution in [0.25, 0.3) is 11.0 Å². The third-order valence-corrected chi connectivity index (χ3v) is 4.00. The highest BCUT2D eigenvalue weighted by Gasteiger charge is 2.10. The molecule has 0 radical (unpaired) electrons. The number of hydrogen-bond donors (Lipinski definition) is 1. The van der Waals surface area contributed by atoms with Gasteiger partial charge in [-0.05, 0) is 37.6 Å². The van der Waals surface area contributed by atoms with E-state index >= 15 is 0 Å². The summed E-state index contributed by atoms with van der Waals surface area (Å²) >= 11 is 0. The van der Waals surface area contributed by atoms with Crippen molar-refractivity contribution in [2.45, 2.75) is 26.3 Å². The molecule has 0 atom stereocenters. The SMILES string of the molecule is CCOc1ccccc1OCCCn1c(CCO)nc2ccccc21. The normalized spacial score (nSPS) is 11.0. The lowest BCUT2D eigenvalue weighted by molar-refractivity contribution is 0.267. The summed E-state index contributed by atoms with van der Waals surface area (Å²) in [5, 5.41) is 9.28. The van der Waals surface area contributed by atoms with E-state index in [1.54, 1.807) is 0 Å². The molecule has 1 N–H and O–H groups in total. The van der Waals surface area contributed by atoms with Gasteiger partial charge in [0.2, 0.25) is 0 Å². The van der Waals surface area contributed by atoms with Crippen molar-refractivity contribution in [2.75, 3.05) is 19.8 Å². The van der Waals surface area contributed by atoms with Gasteiger partial charge in [0.15, 0.2) is 11.5 Å². The van der Waals surface area contributed by atoms with Crippen molar-refractivity contribution in [3.8, 4) is 11.5 Å². The van der Waals surface area contributed by atoms with Crippen molar-refractivity contribution in [2.24, 2.45) is 0 Å². The van der Waals surface area contributed by atoms with Crippen LogP contribution in [0.4, 0.5) is 0 Å². The van der Waals surface area contributed by atoms with Crippen LogP contribution in [0.3, 0.4) is 0 Å². The molecule has 0 fully saturated rings. The van der Waals surface area contributed by atoms with Crippen molar-refractivity contribution < 1.29 is 14.6 Å². The van der Waals surface area contributed by atoms with Gasteiger partial charge in [-0.15, -0.1) is 0 Å². The van der Waals surface area contributed by atoms with E-state index in [0.29, 0.717) is 19.6 Å². The second-order valence-electron chi connectivity index (χ2n) is 5.72. The monoisotopic (exact) mass is 340 g/mol. The van der Waals surface area contributed by atoms with E-state index in [1.165, 1.54) is 0 Å². The van der Waals surface area contributed by atoms with Crippen molar-refractivity contribution in [3.63, 3.8) is 0 Å². The van der Waals surface area contributed by atoms with Gasteiger partial charge in [0.25, 0.3) is 0 Å². The number of aromatic nitrogens is 2. The van der Waals surface area contributed by atoms with Crippen LogP contribution in [0.2, 0.25) is 0 Å². The molecule has 0 saturated heterocycles. The zero-order chi connectivity index (χ0) is 17.5. The highest BCUT2D eigenvalue weighted by Crippen LogP contribution is 2.26. The Morgan fingerprint density at radius 2 is 1.72 bits per heavy atom. The predicted octanol–water partition coefficient (Wildman–Crippen LogP) is 3.44. The zero-order valence-corrected chi connectivity index (χ0v) is 14.5. The van der Waals surface area contributed by atoms with E-state index in [2.05, 4.69) is 15.6 Å². The average Bonchev–Trinajstić information content (AvgIpc) is 2.98. The number of hydrogen-bond acceptors (Lipinski definition) is 4. The van der Waals surface area contributed by atoms with E-state index in [0.717, 1.165) is 41.3 Å². The largest absolute Gasteiger partial charge is 0.490 e. The average molecular weight is 340 g/mol. The number of imidazole rings is 1. The summed E-state index contributed by atoms with van der Waals surface area (Å²) in [6.45, 7) is 4.07. The molecule has 0 aliphatic heterocycles. The number of rotatable bonds is 9. The number of para-hydroxylation sites is 4. The molecule has 0 spiro atoms. The van der Waals surface area contributed by atoms with Gasteiger partial charge in [0, 0.05) is 13.0 Å². The quantitative estimate of drug-likeness (QED) is 0.606. The fourth-order valence-electron chi connectivity index (χ4n) is 2.91. The van der Waals surface area contributed by atoms with Crippen LogP contribution in [0, 0.1) is 0 Å². The molecule has 0 aliphatic carbocycles. The number of aliphatic hydroxyl groups is 1. The van der Waals surface area contributed by atoms with Gasteiger partial charge in [-0.1, -0.05) is 24.3 Å². The summed E-state index contributed by atoms with van der Waals surface area (Å²) in [6, 6.07) is 15.8. The molecule has 1 aromatic heterocycles. The van der Waals surface area contributed by atoms with Crippen molar-refractivity contribution in [1.29, 1.82) is 0 Å². The minimum atomic E-state index is 0.0988. The van der Waals surface area contributed by atoms with Crippen LogP contribution in [0.1, 0.15) is 19.2 Å². The minimum Gasteiger partial charge on any atom is -0.490 e. The molecule has 3 rings (SSSR count). The van der Waals surface area contributed by atoms with E-state index in [4.69, 9.17) is 9.47 Å². The maximum Gasteiger partial charge on any atom is 0.161 e. The Bertz CT molecular complexity index is 814. The fraction of sp³-hybridized carbons (Fsp3) is 0.350. The number of aryl methyl sites for hydroxylation is 1. The van der Waals surface area contributed by atoms with Crippen molar-refractivity contribution in [3.05, 3.63) is 54.4 Å². The summed E-state index contributed by atoms with van der Waals surface area (Å²) in [4.78, 5) is 4.62. The number of fused-ring (bicyclic) bond motifs is 1. The molecule has 25 heavy (non-hydrogen) atoms. The first-order valence-corrected chi connectivity index (χ1v) is 8.73. The van der Waals surface area contributed by atoms with E-state index in [9.17, 15) is 5.11 Å². The second kappa shape index (κ2) is 8.53. The van der Waals surface area contributed by atoms with E-state index in [1.807, 2.05) is 49.4 Å². The number of ether oxygens (including phenoxy) is 2. The molecule has 5 heteroatoms. The lowest BCUT2D eigenvalue weighted by Gasteiger charge is -2.12. The van der Waals surface area contributed by atoms with E-state index < -0.39 is 0 Å². The standard InChI is InChI=1S/C20H24N2O3/c1-2-24-18-10-5-6-11-19(18)25-15-7-13-22-17-9-4-3-8-16(17)21-20(22)12-14-23/h3-6,8-11,23H,2,7,12-15H2,1H3. The van der Waals surface area contributed by atoms with Gasteiger partial charge in [0.05, 0.1) is 30.9 Å². The minimum absolute atomic E-state index is 0.0988. The van der Waals surface area contributed by atoms with Crippen LogP contribution in [-0.4, -0.2) is 34.5 Å². The Hall–Kier alpha value is -2.53. The van der Waals surface area contributed by atoms with Gasteiger partial charge >= 0.3 is 0 Å². The smallest absolute Gasteiger partial charge is 0.161 e. The lowest BCUT2D eigenvalue weighted by atomic mass is 10.3. The number of nitrogens with zero attached hydrogens (tertiary/aromatic N) is 2.